The molecule has 2 aromatic carbocycles. The van der Waals surface area contributed by atoms with Crippen LogP contribution in [0.2, 0.25) is 0 Å². The fourth-order valence-electron chi connectivity index (χ4n) is 2.30. The van der Waals surface area contributed by atoms with Crippen LogP contribution in [0.1, 0.15) is 19.4 Å². The molecule has 0 saturated carbocycles. The van der Waals surface area contributed by atoms with E-state index >= 15 is 0 Å². The van der Waals surface area contributed by atoms with Gasteiger partial charge in [0.05, 0.1) is 13.3 Å². The van der Waals surface area contributed by atoms with Gasteiger partial charge in [0.15, 0.2) is 6.61 Å². The van der Waals surface area contributed by atoms with E-state index in [0.29, 0.717) is 29.3 Å². The first-order valence-electron chi connectivity index (χ1n) is 9.65. The summed E-state index contributed by atoms with van der Waals surface area (Å²) < 4.78 is 10.6. The highest BCUT2D eigenvalue weighted by Gasteiger charge is 2.12. The fraction of sp³-hybridized carbons (Fsp3) is 0.273. The summed E-state index contributed by atoms with van der Waals surface area (Å²) in [7, 11) is 1.57. The largest absolute Gasteiger partial charge is 0.497 e. The summed E-state index contributed by atoms with van der Waals surface area (Å²) in [5.74, 6) is -0.523. The van der Waals surface area contributed by atoms with Crippen LogP contribution in [0.3, 0.4) is 0 Å². The Morgan fingerprint density at radius 3 is 2.45 bits per heavy atom. The SMILES string of the molecule is COc1ccc(NC(=O)COc2cccc(/C=N\NC(=O)C(=O)NCC(C)C)c2)cc1. The van der Waals surface area contributed by atoms with E-state index in [9.17, 15) is 14.4 Å². The molecule has 0 saturated heterocycles. The van der Waals surface area contributed by atoms with E-state index in [1.54, 1.807) is 55.6 Å². The average molecular weight is 426 g/mol. The maximum absolute atomic E-state index is 12.1. The van der Waals surface area contributed by atoms with Crippen molar-refractivity contribution in [2.24, 2.45) is 11.0 Å². The highest BCUT2D eigenvalue weighted by molar-refractivity contribution is 6.35. The van der Waals surface area contributed by atoms with Gasteiger partial charge in [-0.2, -0.15) is 5.10 Å². The van der Waals surface area contributed by atoms with Crippen LogP contribution in [-0.2, 0) is 14.4 Å². The number of benzene rings is 2. The van der Waals surface area contributed by atoms with Crippen LogP contribution in [0.15, 0.2) is 53.6 Å². The molecular formula is C22H26N4O5. The lowest BCUT2D eigenvalue weighted by Crippen LogP contribution is -2.39. The molecule has 3 amide bonds. The summed E-state index contributed by atoms with van der Waals surface area (Å²) in [5.41, 5.74) is 3.41. The van der Waals surface area contributed by atoms with E-state index in [0.717, 1.165) is 0 Å². The van der Waals surface area contributed by atoms with Crippen molar-refractivity contribution in [1.82, 2.24) is 10.7 Å². The standard InChI is InChI=1S/C22H26N4O5/c1-15(2)12-23-21(28)22(29)26-24-13-16-5-4-6-19(11-16)31-14-20(27)25-17-7-9-18(30-3)10-8-17/h4-11,13,15H,12,14H2,1-3H3,(H,23,28)(H,25,27)(H,26,29)/b24-13-. The van der Waals surface area contributed by atoms with Crippen molar-refractivity contribution < 1.29 is 23.9 Å². The van der Waals surface area contributed by atoms with Gasteiger partial charge in [0.2, 0.25) is 0 Å². The second-order valence-corrected chi connectivity index (χ2v) is 6.94. The van der Waals surface area contributed by atoms with Gasteiger partial charge in [0.25, 0.3) is 5.91 Å². The summed E-state index contributed by atoms with van der Waals surface area (Å²) in [6.07, 6.45) is 1.37. The van der Waals surface area contributed by atoms with Crippen LogP contribution < -0.4 is 25.5 Å². The van der Waals surface area contributed by atoms with E-state index in [-0.39, 0.29) is 18.4 Å². The number of rotatable bonds is 9. The van der Waals surface area contributed by atoms with Gasteiger partial charge in [-0.3, -0.25) is 14.4 Å². The molecule has 3 N–H and O–H groups in total. The van der Waals surface area contributed by atoms with E-state index in [1.165, 1.54) is 6.21 Å². The highest BCUT2D eigenvalue weighted by Crippen LogP contribution is 2.15. The van der Waals surface area contributed by atoms with E-state index < -0.39 is 11.8 Å². The summed E-state index contributed by atoms with van der Waals surface area (Å²) in [4.78, 5) is 35.3. The Morgan fingerprint density at radius 2 is 1.77 bits per heavy atom. The Balaban J connectivity index is 1.81. The van der Waals surface area contributed by atoms with Crippen molar-refractivity contribution in [2.75, 3.05) is 25.6 Å². The zero-order valence-electron chi connectivity index (χ0n) is 17.7. The molecule has 0 aromatic heterocycles. The Bertz CT molecular complexity index is 926. The smallest absolute Gasteiger partial charge is 0.329 e. The van der Waals surface area contributed by atoms with Crippen molar-refractivity contribution in [3.05, 3.63) is 54.1 Å². The predicted molar refractivity (Wildman–Crippen MR) is 117 cm³/mol. The average Bonchev–Trinajstić information content (AvgIpc) is 2.76. The van der Waals surface area contributed by atoms with Gasteiger partial charge in [-0.05, 0) is 47.9 Å². The zero-order chi connectivity index (χ0) is 22.6. The van der Waals surface area contributed by atoms with Crippen molar-refractivity contribution in [3.63, 3.8) is 0 Å². The topological polar surface area (TPSA) is 118 Å². The maximum Gasteiger partial charge on any atom is 0.329 e. The van der Waals surface area contributed by atoms with Gasteiger partial charge in [-0.15, -0.1) is 0 Å². The Hall–Kier alpha value is -3.88. The Kier molecular flexibility index (Phi) is 9.03. The lowest BCUT2D eigenvalue weighted by molar-refractivity contribution is -0.139. The Morgan fingerprint density at radius 1 is 1.03 bits per heavy atom. The lowest BCUT2D eigenvalue weighted by atomic mass is 10.2. The molecule has 9 heteroatoms. The third kappa shape index (κ3) is 8.57. The number of amides is 3. The zero-order valence-corrected chi connectivity index (χ0v) is 17.7. The van der Waals surface area contributed by atoms with Crippen LogP contribution in [0.25, 0.3) is 0 Å². The van der Waals surface area contributed by atoms with Gasteiger partial charge in [0, 0.05) is 12.2 Å². The van der Waals surface area contributed by atoms with Crippen molar-refractivity contribution in [3.8, 4) is 11.5 Å². The first-order valence-corrected chi connectivity index (χ1v) is 9.65. The molecule has 9 nitrogen and oxygen atoms in total. The third-order valence-electron chi connectivity index (χ3n) is 3.86. The number of nitrogens with zero attached hydrogens (tertiary/aromatic N) is 1. The molecule has 31 heavy (non-hydrogen) atoms. The number of anilines is 1. The highest BCUT2D eigenvalue weighted by atomic mass is 16.5. The molecule has 0 fully saturated rings. The van der Waals surface area contributed by atoms with E-state index in [2.05, 4.69) is 21.2 Å². The number of carbonyl (C=O) groups excluding carboxylic acids is 3. The quantitative estimate of drug-likeness (QED) is 0.322. The van der Waals surface area contributed by atoms with Gasteiger partial charge in [-0.25, -0.2) is 5.43 Å². The first kappa shape index (κ1) is 23.4. The van der Waals surface area contributed by atoms with Crippen molar-refractivity contribution in [1.29, 1.82) is 0 Å². The second-order valence-electron chi connectivity index (χ2n) is 6.94. The third-order valence-corrected chi connectivity index (χ3v) is 3.86. The number of hydrogen-bond acceptors (Lipinski definition) is 6. The molecular weight excluding hydrogens is 400 g/mol. The molecule has 2 rings (SSSR count). The minimum atomic E-state index is -0.848. The normalized spacial score (nSPS) is 10.6. The molecule has 0 atom stereocenters. The molecule has 0 bridgehead atoms. The predicted octanol–water partition coefficient (Wildman–Crippen LogP) is 1.93. The number of hydrogen-bond donors (Lipinski definition) is 3. The van der Waals surface area contributed by atoms with Crippen LogP contribution in [0.4, 0.5) is 5.69 Å². The Labute approximate surface area is 180 Å². The molecule has 0 aliphatic carbocycles. The number of carbonyl (C=O) groups is 3. The molecule has 0 aliphatic heterocycles. The van der Waals surface area contributed by atoms with Crippen molar-refractivity contribution in [2.45, 2.75) is 13.8 Å². The maximum atomic E-state index is 12.1. The van der Waals surface area contributed by atoms with E-state index in [1.807, 2.05) is 13.8 Å². The summed E-state index contributed by atoms with van der Waals surface area (Å²) >= 11 is 0. The second kappa shape index (κ2) is 12.0. The number of nitrogens with one attached hydrogen (secondary N) is 3. The summed E-state index contributed by atoms with van der Waals surface area (Å²) in [6, 6.07) is 13.7. The van der Waals surface area contributed by atoms with Gasteiger partial charge < -0.3 is 20.1 Å². The molecule has 0 heterocycles. The molecule has 164 valence electrons. The molecule has 0 unspecified atom stereocenters. The fourth-order valence-corrected chi connectivity index (χ4v) is 2.30. The molecule has 0 aliphatic rings. The lowest BCUT2D eigenvalue weighted by Gasteiger charge is -2.08. The number of ether oxygens (including phenoxy) is 2. The van der Waals surface area contributed by atoms with Gasteiger partial charge in [0.1, 0.15) is 11.5 Å². The minimum Gasteiger partial charge on any atom is -0.497 e. The first-order chi connectivity index (χ1) is 14.9. The van der Waals surface area contributed by atoms with Crippen LogP contribution in [0.5, 0.6) is 11.5 Å². The molecule has 2 aromatic rings. The minimum absolute atomic E-state index is 0.181. The molecule has 0 radical (unpaired) electrons. The van der Waals surface area contributed by atoms with Crippen LogP contribution in [-0.4, -0.2) is 44.2 Å². The van der Waals surface area contributed by atoms with Crippen LogP contribution in [0, 0.1) is 5.92 Å². The van der Waals surface area contributed by atoms with Crippen LogP contribution >= 0.6 is 0 Å². The van der Waals surface area contributed by atoms with E-state index in [4.69, 9.17) is 9.47 Å². The van der Waals surface area contributed by atoms with Gasteiger partial charge in [-0.1, -0.05) is 26.0 Å². The molecule has 0 spiro atoms. The number of hydrazone groups is 1. The van der Waals surface area contributed by atoms with Crippen molar-refractivity contribution >= 4 is 29.6 Å². The summed E-state index contributed by atoms with van der Waals surface area (Å²) in [6.45, 7) is 4.07. The summed E-state index contributed by atoms with van der Waals surface area (Å²) in [5, 5.41) is 8.99. The van der Waals surface area contributed by atoms with Gasteiger partial charge >= 0.3 is 11.8 Å². The number of methoxy groups -OCH3 is 1. The monoisotopic (exact) mass is 426 g/mol.